The number of nitrogens with one attached hydrogen (secondary N) is 3. The van der Waals surface area contributed by atoms with Gasteiger partial charge in [0.1, 0.15) is 33.4 Å². The third-order valence-corrected chi connectivity index (χ3v) is 7.73. The number of carbonyl (C=O) groups excluding carboxylic acids is 5. The number of aliphatic carboxylic acids is 1. The van der Waals surface area contributed by atoms with Crippen molar-refractivity contribution in [2.45, 2.75) is 144 Å². The quantitative estimate of drug-likeness (QED) is 0.0968. The van der Waals surface area contributed by atoms with Crippen LogP contribution in [0.1, 0.15) is 110 Å². The van der Waals surface area contributed by atoms with E-state index in [-0.39, 0.29) is 45.8 Å². The zero-order valence-corrected chi connectivity index (χ0v) is 32.6. The van der Waals surface area contributed by atoms with E-state index in [1.54, 1.807) is 88.3 Å². The van der Waals surface area contributed by atoms with Crippen LogP contribution >= 0.6 is 0 Å². The highest BCUT2D eigenvalue weighted by molar-refractivity contribution is 5.91. The van der Waals surface area contributed by atoms with Crippen LogP contribution in [0.3, 0.4) is 0 Å². The summed E-state index contributed by atoms with van der Waals surface area (Å²) < 4.78 is 25.2. The Kier molecular flexibility index (Phi) is 18.8. The Bertz CT molecular complexity index is 1310. The van der Waals surface area contributed by atoms with Crippen LogP contribution in [0.5, 0.6) is 0 Å². The van der Waals surface area contributed by atoms with Crippen LogP contribution in [-0.4, -0.2) is 87.9 Å². The molecule has 6 atom stereocenters. The summed E-state index contributed by atoms with van der Waals surface area (Å²) in [6.45, 7) is 30.6. The average molecular weight is 770 g/mol. The van der Waals surface area contributed by atoms with Crippen LogP contribution in [0.15, 0.2) is 38.0 Å². The smallest absolute Gasteiger partial charge is 0.408 e. The third kappa shape index (κ3) is 15.1. The first kappa shape index (κ1) is 51.5. The van der Waals surface area contributed by atoms with E-state index in [4.69, 9.17) is 28.8 Å². The van der Waals surface area contributed by atoms with Gasteiger partial charge in [-0.15, -0.1) is 19.7 Å². The Hall–Kier alpha value is -4.56. The van der Waals surface area contributed by atoms with Crippen molar-refractivity contribution in [1.82, 2.24) is 16.0 Å². The molecule has 3 fully saturated rings. The van der Waals surface area contributed by atoms with Crippen LogP contribution in [0, 0.1) is 17.8 Å². The number of alkyl carbamates (subject to hydrolysis) is 3. The molecule has 0 aromatic carbocycles. The summed E-state index contributed by atoms with van der Waals surface area (Å²) in [4.78, 5) is 69.6. The van der Waals surface area contributed by atoms with Crippen molar-refractivity contribution in [3.63, 3.8) is 0 Å². The maximum atomic E-state index is 11.9. The van der Waals surface area contributed by atoms with Crippen molar-refractivity contribution in [3.05, 3.63) is 38.0 Å². The number of carboxylic acids is 1. The van der Waals surface area contributed by atoms with E-state index in [0.717, 1.165) is 0 Å². The number of ether oxygens (including phenoxy) is 5. The van der Waals surface area contributed by atoms with Crippen LogP contribution in [-0.2, 0) is 38.1 Å². The number of hydrogen-bond acceptors (Lipinski definition) is 11. The molecule has 3 aliphatic rings. The minimum absolute atomic E-state index is 0. The Morgan fingerprint density at radius 1 is 0.574 bits per heavy atom. The van der Waals surface area contributed by atoms with Gasteiger partial charge in [-0.3, -0.25) is 0 Å². The fourth-order valence-corrected chi connectivity index (χ4v) is 5.00. The molecule has 54 heavy (non-hydrogen) atoms. The molecule has 3 amide bonds. The summed E-state index contributed by atoms with van der Waals surface area (Å²) in [5, 5.41) is 16.6. The third-order valence-electron chi connectivity index (χ3n) is 7.73. The molecule has 0 aromatic rings. The van der Waals surface area contributed by atoms with E-state index in [1.807, 2.05) is 0 Å². The SMILES string of the molecule is C.C.C=CC1CC1(NC(=O)OC(C)(C)C)C(=O)OCC.C=C[C@@H]1C[C@]1(NC(=O)OC(C)(C)C)C(=O)OCC.C=C[C@H]1C[C@@]1(NC(=O)OC(C)(C)C)C(=O)O. The van der Waals surface area contributed by atoms with Gasteiger partial charge in [0.15, 0.2) is 0 Å². The maximum Gasteiger partial charge on any atom is 0.408 e. The van der Waals surface area contributed by atoms with Gasteiger partial charge in [-0.1, -0.05) is 33.1 Å². The second-order valence-electron chi connectivity index (χ2n) is 15.7. The molecule has 0 bridgehead atoms. The van der Waals surface area contributed by atoms with E-state index in [1.165, 1.54) is 6.08 Å². The zero-order chi connectivity index (χ0) is 40.5. The normalized spacial score (nSPS) is 25.7. The Morgan fingerprint density at radius 2 is 0.815 bits per heavy atom. The largest absolute Gasteiger partial charge is 0.479 e. The topological polar surface area (TPSA) is 205 Å². The van der Waals surface area contributed by atoms with Gasteiger partial charge < -0.3 is 44.7 Å². The number of amides is 3. The summed E-state index contributed by atoms with van der Waals surface area (Å²) in [6.07, 6.45) is 4.28. The monoisotopic (exact) mass is 769 g/mol. The highest BCUT2D eigenvalue weighted by Gasteiger charge is 2.63. The van der Waals surface area contributed by atoms with Crippen LogP contribution in [0.4, 0.5) is 14.4 Å². The van der Waals surface area contributed by atoms with Gasteiger partial charge in [0.05, 0.1) is 13.2 Å². The molecule has 2 unspecified atom stereocenters. The molecule has 0 aromatic heterocycles. The summed E-state index contributed by atoms with van der Waals surface area (Å²) in [7, 11) is 0. The van der Waals surface area contributed by atoms with Gasteiger partial charge in [0.25, 0.3) is 0 Å². The Morgan fingerprint density at radius 3 is 1.00 bits per heavy atom. The number of rotatable bonds is 11. The predicted molar refractivity (Wildman–Crippen MR) is 206 cm³/mol. The standard InChI is InChI=1S/2C13H21NO4.C11H17NO4.2CH4/c2*1-6-9-8-13(9,10(15)17-7-2)14-11(16)18-12(3,4)5;1-5-7-6-11(7,8(13)14)12-9(15)16-10(2,3)4;;/h2*6,9H,1,7-8H2,2-5H3,(H,14,16);5,7H,1,6H2,2-4H3,(H,12,15)(H,13,14);2*1H4/t9-,13-;;7-,11-;;/m1.0../s1. The van der Waals surface area contributed by atoms with Crippen molar-refractivity contribution >= 4 is 36.2 Å². The number of carbonyl (C=O) groups is 6. The first-order valence-electron chi connectivity index (χ1n) is 17.2. The molecule has 0 saturated heterocycles. The second kappa shape index (κ2) is 19.7. The van der Waals surface area contributed by atoms with Crippen LogP contribution < -0.4 is 16.0 Å². The van der Waals surface area contributed by atoms with E-state index in [2.05, 4.69) is 35.7 Å². The molecule has 0 aliphatic heterocycles. The molecule has 15 nitrogen and oxygen atoms in total. The average Bonchev–Trinajstić information content (AvgIpc) is 3.90. The lowest BCUT2D eigenvalue weighted by molar-refractivity contribution is -0.148. The fourth-order valence-electron chi connectivity index (χ4n) is 5.00. The lowest BCUT2D eigenvalue weighted by atomic mass is 10.2. The molecule has 0 radical (unpaired) electrons. The predicted octanol–water partition coefficient (Wildman–Crippen LogP) is 6.85. The fraction of sp³-hybridized carbons (Fsp3) is 0.692. The van der Waals surface area contributed by atoms with E-state index in [0.29, 0.717) is 19.3 Å². The molecule has 3 rings (SSSR count). The first-order chi connectivity index (χ1) is 23.7. The lowest BCUT2D eigenvalue weighted by Gasteiger charge is -2.23. The Balaban J connectivity index is 0. The highest BCUT2D eigenvalue weighted by atomic mass is 16.6. The van der Waals surface area contributed by atoms with Crippen LogP contribution in [0.25, 0.3) is 0 Å². The molecular formula is C39H67N3O12. The van der Waals surface area contributed by atoms with Gasteiger partial charge in [-0.25, -0.2) is 28.8 Å². The van der Waals surface area contributed by atoms with E-state index >= 15 is 0 Å². The lowest BCUT2D eigenvalue weighted by Crippen LogP contribution is -2.47. The summed E-state index contributed by atoms with van der Waals surface area (Å²) >= 11 is 0. The number of hydrogen-bond donors (Lipinski definition) is 4. The maximum absolute atomic E-state index is 11.9. The summed E-state index contributed by atoms with van der Waals surface area (Å²) in [5.74, 6) is -2.32. The number of carboxylic acid groups (broad SMARTS) is 1. The number of esters is 2. The van der Waals surface area contributed by atoms with Gasteiger partial charge in [0.2, 0.25) is 0 Å². The Labute approximate surface area is 322 Å². The molecule has 0 heterocycles. The molecule has 310 valence electrons. The van der Waals surface area contributed by atoms with Crippen molar-refractivity contribution in [3.8, 4) is 0 Å². The van der Waals surface area contributed by atoms with Gasteiger partial charge in [0, 0.05) is 17.8 Å². The van der Waals surface area contributed by atoms with Gasteiger partial charge in [-0.2, -0.15) is 0 Å². The first-order valence-corrected chi connectivity index (χ1v) is 17.2. The summed E-state index contributed by atoms with van der Waals surface area (Å²) in [5.41, 5.74) is -5.02. The van der Waals surface area contributed by atoms with E-state index in [9.17, 15) is 28.8 Å². The van der Waals surface area contributed by atoms with Crippen LogP contribution in [0.2, 0.25) is 0 Å². The van der Waals surface area contributed by atoms with Gasteiger partial charge in [-0.05, 0) is 95.4 Å². The minimum Gasteiger partial charge on any atom is -0.479 e. The van der Waals surface area contributed by atoms with Crippen molar-refractivity contribution in [1.29, 1.82) is 0 Å². The van der Waals surface area contributed by atoms with Gasteiger partial charge >= 0.3 is 36.2 Å². The molecule has 3 saturated carbocycles. The minimum atomic E-state index is -1.22. The molecule has 15 heteroatoms. The molecular weight excluding hydrogens is 702 g/mol. The molecule has 3 aliphatic carbocycles. The van der Waals surface area contributed by atoms with Crippen molar-refractivity contribution < 1.29 is 57.6 Å². The highest BCUT2D eigenvalue weighted by Crippen LogP contribution is 2.47. The van der Waals surface area contributed by atoms with Crippen molar-refractivity contribution in [2.24, 2.45) is 17.8 Å². The second-order valence-corrected chi connectivity index (χ2v) is 15.7. The van der Waals surface area contributed by atoms with E-state index < -0.39 is 69.6 Å². The molecule has 4 N–H and O–H groups in total. The van der Waals surface area contributed by atoms with Crippen molar-refractivity contribution in [2.75, 3.05) is 13.2 Å². The molecule has 0 spiro atoms. The summed E-state index contributed by atoms with van der Waals surface area (Å²) in [6, 6.07) is 0. The zero-order valence-electron chi connectivity index (χ0n) is 32.6.